The van der Waals surface area contributed by atoms with E-state index in [1.807, 2.05) is 0 Å². The first-order valence-corrected chi connectivity index (χ1v) is 3.22. The third kappa shape index (κ3) is 10.5. The predicted molar refractivity (Wildman–Crippen MR) is 46.0 cm³/mol. The van der Waals surface area contributed by atoms with Crippen LogP contribution in [0.3, 0.4) is 0 Å². The molecular weight excluding hydrogens is 429 g/mol. The number of non-ortho nitro benzene ring substituents is 1. The van der Waals surface area contributed by atoms with Gasteiger partial charge in [-0.3, -0.25) is 22.2 Å². The Morgan fingerprint density at radius 2 is 1.93 bits per heavy atom. The Kier molecular flexibility index (Phi) is 19.0. The number of rotatable bonds is 1. The summed E-state index contributed by atoms with van der Waals surface area (Å²) in [6.07, 6.45) is 0. The van der Waals surface area contributed by atoms with Gasteiger partial charge in [0.05, 0.1) is 5.69 Å². The number of nitro groups is 1. The third-order valence-electron chi connectivity index (χ3n) is 0.828. The maximum atomic E-state index is 9.96. The van der Waals surface area contributed by atoms with Crippen molar-refractivity contribution in [1.82, 2.24) is 0 Å². The number of nitro benzene ring substituents is 1. The Bertz CT molecular complexity index is 234. The van der Waals surface area contributed by atoms with Crippen molar-refractivity contribution in [3.8, 4) is 0 Å². The topological polar surface area (TPSA) is 57.2 Å². The second-order valence-electron chi connectivity index (χ2n) is 1.88. The fraction of sp³-hybridized carbons (Fsp3) is 0.250. The smallest absolute Gasteiger partial charge is 0.0533 e. The molecule has 0 heterocycles. The summed E-state index contributed by atoms with van der Waals surface area (Å²) < 4.78 is 0. The number of hydrogen-bond acceptors (Lipinski definition) is 2. The van der Waals surface area contributed by atoms with Crippen LogP contribution in [0.5, 0.6) is 0 Å². The molecule has 1 aromatic rings. The van der Waals surface area contributed by atoms with Crippen LogP contribution in [-0.2, 0) is 53.8 Å². The van der Waals surface area contributed by atoms with Crippen molar-refractivity contribution >= 4 is 5.69 Å². The van der Waals surface area contributed by atoms with Crippen LogP contribution >= 0.6 is 0 Å². The van der Waals surface area contributed by atoms with Gasteiger partial charge in [0.2, 0.25) is 0 Å². The molecule has 0 saturated heterocycles. The molecule has 1 rings (SSSR count). The van der Waals surface area contributed by atoms with Crippen molar-refractivity contribution < 1.29 is 58.7 Å². The minimum absolute atomic E-state index is 0. The Morgan fingerprint density at radius 1 is 1.43 bits per heavy atom. The molecule has 0 aliphatic rings. The first-order valence-electron chi connectivity index (χ1n) is 3.22. The van der Waals surface area contributed by atoms with Gasteiger partial charge in [0, 0.05) is 53.8 Å². The molecule has 0 aliphatic carbocycles. The molecule has 75 valence electrons. The van der Waals surface area contributed by atoms with Crippen molar-refractivity contribution in [2.24, 2.45) is 0 Å². The molecular formula is C8H9N2O2WY-3. The molecule has 6 heteroatoms. The van der Waals surface area contributed by atoms with Gasteiger partial charge in [-0.15, -0.1) is 0 Å². The zero-order valence-electron chi connectivity index (χ0n) is 7.93. The molecule has 1 radical (unpaired) electrons. The van der Waals surface area contributed by atoms with Crippen molar-refractivity contribution in [3.63, 3.8) is 0 Å². The monoisotopic (exact) mass is 438 g/mol. The zero-order valence-corrected chi connectivity index (χ0v) is 13.7. The molecule has 0 fully saturated rings. The van der Waals surface area contributed by atoms with Gasteiger partial charge in [0.15, 0.2) is 0 Å². The van der Waals surface area contributed by atoms with Crippen LogP contribution in [0.15, 0.2) is 18.2 Å². The second kappa shape index (κ2) is 13.4. The fourth-order valence-electron chi connectivity index (χ4n) is 0.449. The van der Waals surface area contributed by atoms with E-state index in [9.17, 15) is 10.1 Å². The molecule has 0 unspecified atom stereocenters. The maximum absolute atomic E-state index is 9.96. The molecule has 1 aromatic carbocycles. The van der Waals surface area contributed by atoms with Gasteiger partial charge in [-0.2, -0.15) is 14.1 Å². The van der Waals surface area contributed by atoms with Crippen LogP contribution < -0.4 is 0 Å². The van der Waals surface area contributed by atoms with Gasteiger partial charge in [-0.25, -0.2) is 12.1 Å². The van der Waals surface area contributed by atoms with Gasteiger partial charge in [-0.05, 0) is 4.92 Å². The van der Waals surface area contributed by atoms with E-state index >= 15 is 0 Å². The number of benzene rings is 1. The summed E-state index contributed by atoms with van der Waals surface area (Å²) in [5.74, 6) is 0. The first-order chi connectivity index (χ1) is 5.72. The SMILES string of the molecule is C[N-]C.O=[N+]([O-])c1[c-]cc[c-]c1.[W].[Y]. The van der Waals surface area contributed by atoms with Gasteiger partial charge < -0.3 is 11.4 Å². The van der Waals surface area contributed by atoms with E-state index in [1.54, 1.807) is 20.2 Å². The molecule has 0 saturated carbocycles. The predicted octanol–water partition coefficient (Wildman–Crippen LogP) is 1.81. The minimum Gasteiger partial charge on any atom is -0.668 e. The fourth-order valence-corrected chi connectivity index (χ4v) is 0.449. The van der Waals surface area contributed by atoms with Gasteiger partial charge in [0.1, 0.15) is 0 Å². The van der Waals surface area contributed by atoms with E-state index in [4.69, 9.17) is 0 Å². The van der Waals surface area contributed by atoms with Crippen molar-refractivity contribution in [1.29, 1.82) is 0 Å². The normalized spacial score (nSPS) is 7.00. The van der Waals surface area contributed by atoms with Crippen LogP contribution in [0.2, 0.25) is 0 Å². The summed E-state index contributed by atoms with van der Waals surface area (Å²) in [5, 5.41) is 13.5. The Hall–Kier alpha value is 0.372. The van der Waals surface area contributed by atoms with E-state index in [0.717, 1.165) is 0 Å². The minimum atomic E-state index is -0.503. The Labute approximate surface area is 123 Å². The summed E-state index contributed by atoms with van der Waals surface area (Å²) >= 11 is 0. The van der Waals surface area contributed by atoms with Crippen LogP contribution in [0.1, 0.15) is 0 Å². The molecule has 4 nitrogen and oxygen atoms in total. The van der Waals surface area contributed by atoms with Crippen molar-refractivity contribution in [3.05, 3.63) is 45.8 Å². The van der Waals surface area contributed by atoms with Gasteiger partial charge >= 0.3 is 0 Å². The third-order valence-corrected chi connectivity index (χ3v) is 0.828. The summed E-state index contributed by atoms with van der Waals surface area (Å²) in [5.41, 5.74) is -0.0440. The van der Waals surface area contributed by atoms with Crippen LogP contribution in [0.4, 0.5) is 5.69 Å². The van der Waals surface area contributed by atoms with E-state index in [0.29, 0.717) is 0 Å². The quantitative estimate of drug-likeness (QED) is 0.382. The van der Waals surface area contributed by atoms with Crippen LogP contribution in [0, 0.1) is 22.2 Å². The van der Waals surface area contributed by atoms with Gasteiger partial charge in [0.25, 0.3) is 0 Å². The molecule has 0 N–H and O–H groups in total. The van der Waals surface area contributed by atoms with Gasteiger partial charge in [-0.1, -0.05) is 0 Å². The van der Waals surface area contributed by atoms with Crippen LogP contribution in [-0.4, -0.2) is 19.0 Å². The molecule has 0 spiro atoms. The zero-order chi connectivity index (χ0) is 9.40. The summed E-state index contributed by atoms with van der Waals surface area (Å²) in [7, 11) is 3.50. The number of nitrogens with zero attached hydrogens (tertiary/aromatic N) is 2. The largest absolute Gasteiger partial charge is 0.668 e. The first kappa shape index (κ1) is 19.9. The molecule has 14 heavy (non-hydrogen) atoms. The Balaban J connectivity index is -0.000000218. The summed E-state index contributed by atoms with van der Waals surface area (Å²) in [4.78, 5) is 9.45. The maximum Gasteiger partial charge on any atom is 0.0533 e. The molecule has 0 atom stereocenters. The van der Waals surface area contributed by atoms with E-state index in [-0.39, 0.29) is 59.5 Å². The molecule has 0 aliphatic heterocycles. The average molecular weight is 438 g/mol. The summed E-state index contributed by atoms with van der Waals surface area (Å²) in [6.45, 7) is 0. The van der Waals surface area contributed by atoms with Crippen molar-refractivity contribution in [2.75, 3.05) is 14.1 Å². The van der Waals surface area contributed by atoms with E-state index < -0.39 is 4.92 Å². The molecule has 0 bridgehead atoms. The second-order valence-corrected chi connectivity index (χ2v) is 1.88. The standard InChI is InChI=1S/C6H3NO2.C2H6N.W.Y/c8-7(9)6-4-2-1-3-5-6;1-3-2;;/h1-2,5H;1-2H3;;/q-2;-1;;. The van der Waals surface area contributed by atoms with Crippen molar-refractivity contribution in [2.45, 2.75) is 0 Å². The molecule has 0 amide bonds. The summed E-state index contributed by atoms with van der Waals surface area (Å²) in [6, 6.07) is 9.30. The molecule has 0 aromatic heterocycles. The Morgan fingerprint density at radius 3 is 2.14 bits per heavy atom. The van der Waals surface area contributed by atoms with E-state index in [2.05, 4.69) is 17.4 Å². The average Bonchev–Trinajstić information content (AvgIpc) is 2.07. The van der Waals surface area contributed by atoms with Crippen LogP contribution in [0.25, 0.3) is 5.32 Å². The van der Waals surface area contributed by atoms with E-state index in [1.165, 1.54) is 12.1 Å². The number of hydrogen-bond donors (Lipinski definition) is 0.